The molecule has 5 nitrogen and oxygen atoms in total. The number of anilines is 1. The number of aryl methyl sites for hydroxylation is 2. The first-order valence-electron chi connectivity index (χ1n) is 7.90. The Bertz CT molecular complexity index is 1070. The van der Waals surface area contributed by atoms with Crippen LogP contribution in [0.25, 0.3) is 10.9 Å². The molecule has 0 radical (unpaired) electrons. The van der Waals surface area contributed by atoms with Gasteiger partial charge in [-0.3, -0.25) is 10.2 Å². The van der Waals surface area contributed by atoms with Crippen molar-refractivity contribution in [2.45, 2.75) is 6.92 Å². The molecule has 0 saturated heterocycles. The van der Waals surface area contributed by atoms with Gasteiger partial charge in [-0.05, 0) is 54.4 Å². The standard InChI is InChI=1S/C19H17ClN4OS/c1-12-7-8-15(10-16(12)20)22-19(26)23-21-11-14-9-13-5-3-4-6-17(13)24(2)18(14)25/h3-11H,1-2H3,(H2,22,23,26)/b21-11+. The van der Waals surface area contributed by atoms with Crippen molar-refractivity contribution < 1.29 is 0 Å². The first-order chi connectivity index (χ1) is 12.5. The maximum Gasteiger partial charge on any atom is 0.259 e. The lowest BCUT2D eigenvalue weighted by molar-refractivity contribution is 0.903. The summed E-state index contributed by atoms with van der Waals surface area (Å²) >= 11 is 11.3. The molecule has 0 fully saturated rings. The zero-order valence-corrected chi connectivity index (χ0v) is 15.9. The van der Waals surface area contributed by atoms with Crippen LogP contribution in [0.3, 0.4) is 0 Å². The van der Waals surface area contributed by atoms with Crippen molar-refractivity contribution >= 4 is 51.7 Å². The van der Waals surface area contributed by atoms with Crippen LogP contribution in [-0.4, -0.2) is 15.9 Å². The van der Waals surface area contributed by atoms with Crippen molar-refractivity contribution in [3.63, 3.8) is 0 Å². The van der Waals surface area contributed by atoms with Crippen LogP contribution in [0.4, 0.5) is 5.69 Å². The van der Waals surface area contributed by atoms with Crippen molar-refractivity contribution in [1.82, 2.24) is 9.99 Å². The quantitative estimate of drug-likeness (QED) is 0.409. The number of pyridine rings is 1. The Morgan fingerprint density at radius 3 is 2.77 bits per heavy atom. The summed E-state index contributed by atoms with van der Waals surface area (Å²) in [5.74, 6) is 0. The minimum absolute atomic E-state index is 0.126. The number of aromatic nitrogens is 1. The Morgan fingerprint density at radius 2 is 2.00 bits per heavy atom. The Hall–Kier alpha value is -2.70. The number of fused-ring (bicyclic) bond motifs is 1. The summed E-state index contributed by atoms with van der Waals surface area (Å²) in [6, 6.07) is 15.0. The summed E-state index contributed by atoms with van der Waals surface area (Å²) in [5.41, 5.74) is 5.67. The first-order valence-corrected chi connectivity index (χ1v) is 8.69. The lowest BCUT2D eigenvalue weighted by atomic mass is 10.1. The van der Waals surface area contributed by atoms with E-state index in [9.17, 15) is 4.79 Å². The van der Waals surface area contributed by atoms with Gasteiger partial charge in [-0.15, -0.1) is 0 Å². The summed E-state index contributed by atoms with van der Waals surface area (Å²) in [4.78, 5) is 12.4. The van der Waals surface area contributed by atoms with Gasteiger partial charge in [0.05, 0.1) is 17.3 Å². The predicted octanol–water partition coefficient (Wildman–Crippen LogP) is 3.82. The minimum Gasteiger partial charge on any atom is -0.331 e. The Morgan fingerprint density at radius 1 is 1.23 bits per heavy atom. The van der Waals surface area contributed by atoms with E-state index in [0.717, 1.165) is 22.2 Å². The molecule has 0 saturated carbocycles. The van der Waals surface area contributed by atoms with Crippen LogP contribution in [0.5, 0.6) is 0 Å². The molecule has 7 heteroatoms. The third kappa shape index (κ3) is 3.92. The van der Waals surface area contributed by atoms with Crippen molar-refractivity contribution in [1.29, 1.82) is 0 Å². The maximum absolute atomic E-state index is 12.4. The molecule has 0 aliphatic rings. The predicted molar refractivity (Wildman–Crippen MR) is 112 cm³/mol. The topological polar surface area (TPSA) is 58.4 Å². The fourth-order valence-corrected chi connectivity index (χ4v) is 2.88. The molecular formula is C19H17ClN4OS. The molecule has 3 aromatic rings. The molecule has 26 heavy (non-hydrogen) atoms. The molecule has 0 unspecified atom stereocenters. The van der Waals surface area contributed by atoms with Gasteiger partial charge >= 0.3 is 0 Å². The molecule has 3 rings (SSSR count). The van der Waals surface area contributed by atoms with Gasteiger partial charge in [0.25, 0.3) is 5.56 Å². The lowest BCUT2D eigenvalue weighted by Crippen LogP contribution is -2.25. The summed E-state index contributed by atoms with van der Waals surface area (Å²) in [7, 11) is 1.74. The van der Waals surface area contributed by atoms with Gasteiger partial charge in [0.15, 0.2) is 5.11 Å². The number of nitrogens with one attached hydrogen (secondary N) is 2. The van der Waals surface area contributed by atoms with Crippen LogP contribution in [0.15, 0.2) is 58.4 Å². The van der Waals surface area contributed by atoms with Crippen molar-refractivity contribution in [3.8, 4) is 0 Å². The molecule has 0 bridgehead atoms. The molecule has 132 valence electrons. The number of nitrogens with zero attached hydrogens (tertiary/aromatic N) is 2. The summed E-state index contributed by atoms with van der Waals surface area (Å²) in [5, 5.41) is 8.97. The number of para-hydroxylation sites is 1. The van der Waals surface area contributed by atoms with E-state index in [-0.39, 0.29) is 5.56 Å². The van der Waals surface area contributed by atoms with Crippen LogP contribution in [0, 0.1) is 6.92 Å². The van der Waals surface area contributed by atoms with Gasteiger partial charge < -0.3 is 9.88 Å². The molecule has 1 heterocycles. The normalized spacial score (nSPS) is 11.0. The van der Waals surface area contributed by atoms with Gasteiger partial charge in [0, 0.05) is 17.8 Å². The summed E-state index contributed by atoms with van der Waals surface area (Å²) in [6.45, 7) is 1.93. The monoisotopic (exact) mass is 384 g/mol. The van der Waals surface area contributed by atoms with Crippen LogP contribution < -0.4 is 16.3 Å². The lowest BCUT2D eigenvalue weighted by Gasteiger charge is -2.08. The van der Waals surface area contributed by atoms with Gasteiger partial charge in [0.1, 0.15) is 0 Å². The van der Waals surface area contributed by atoms with Crippen LogP contribution >= 0.6 is 23.8 Å². The highest BCUT2D eigenvalue weighted by molar-refractivity contribution is 7.80. The maximum atomic E-state index is 12.4. The molecular weight excluding hydrogens is 368 g/mol. The average molecular weight is 385 g/mol. The molecule has 0 aliphatic carbocycles. The van der Waals surface area contributed by atoms with Gasteiger partial charge in [-0.1, -0.05) is 35.9 Å². The van der Waals surface area contributed by atoms with E-state index in [2.05, 4.69) is 15.8 Å². The SMILES string of the molecule is Cc1ccc(NC(=S)N/N=C/c2cc3ccccc3n(C)c2=O)cc1Cl. The highest BCUT2D eigenvalue weighted by atomic mass is 35.5. The van der Waals surface area contributed by atoms with Crippen molar-refractivity contribution in [3.05, 3.63) is 75.0 Å². The Balaban J connectivity index is 1.73. The average Bonchev–Trinajstić information content (AvgIpc) is 2.62. The zero-order valence-electron chi connectivity index (χ0n) is 14.3. The highest BCUT2D eigenvalue weighted by Gasteiger charge is 2.04. The molecule has 0 amide bonds. The third-order valence-electron chi connectivity index (χ3n) is 3.96. The van der Waals surface area contributed by atoms with E-state index in [1.165, 1.54) is 6.21 Å². The number of benzene rings is 2. The van der Waals surface area contributed by atoms with Gasteiger partial charge in [-0.2, -0.15) is 5.10 Å². The number of hydrogen-bond donors (Lipinski definition) is 2. The van der Waals surface area contributed by atoms with E-state index >= 15 is 0 Å². The van der Waals surface area contributed by atoms with Crippen molar-refractivity contribution in [2.75, 3.05) is 5.32 Å². The molecule has 0 spiro atoms. The van der Waals surface area contributed by atoms with Gasteiger partial charge in [-0.25, -0.2) is 0 Å². The first kappa shape index (κ1) is 18.1. The van der Waals surface area contributed by atoms with Crippen LogP contribution in [-0.2, 0) is 7.05 Å². The summed E-state index contributed by atoms with van der Waals surface area (Å²) < 4.78 is 1.60. The Labute approximate surface area is 161 Å². The zero-order chi connectivity index (χ0) is 18.7. The summed E-state index contributed by atoms with van der Waals surface area (Å²) in [6.07, 6.45) is 1.46. The number of hydrazone groups is 1. The number of halogens is 1. The third-order valence-corrected chi connectivity index (χ3v) is 4.56. The van der Waals surface area contributed by atoms with Crippen LogP contribution in [0.1, 0.15) is 11.1 Å². The largest absolute Gasteiger partial charge is 0.331 e. The number of rotatable bonds is 3. The van der Waals surface area contributed by atoms with Crippen LogP contribution in [0.2, 0.25) is 5.02 Å². The van der Waals surface area contributed by atoms with E-state index in [1.54, 1.807) is 23.7 Å². The molecule has 2 aromatic carbocycles. The fourth-order valence-electron chi connectivity index (χ4n) is 2.53. The number of hydrogen-bond acceptors (Lipinski definition) is 3. The van der Waals surface area contributed by atoms with Gasteiger partial charge in [0.2, 0.25) is 0 Å². The second-order valence-corrected chi connectivity index (χ2v) is 6.63. The second kappa shape index (κ2) is 7.68. The molecule has 0 atom stereocenters. The molecule has 1 aromatic heterocycles. The second-order valence-electron chi connectivity index (χ2n) is 5.81. The van der Waals surface area contributed by atoms with E-state index in [0.29, 0.717) is 15.7 Å². The smallest absolute Gasteiger partial charge is 0.259 e. The Kier molecular flexibility index (Phi) is 5.35. The van der Waals surface area contributed by atoms with E-state index in [4.69, 9.17) is 23.8 Å². The highest BCUT2D eigenvalue weighted by Crippen LogP contribution is 2.19. The van der Waals surface area contributed by atoms with E-state index in [1.807, 2.05) is 43.3 Å². The van der Waals surface area contributed by atoms with E-state index < -0.39 is 0 Å². The number of thiocarbonyl (C=S) groups is 1. The molecule has 2 N–H and O–H groups in total. The molecule has 0 aliphatic heterocycles. The fraction of sp³-hybridized carbons (Fsp3) is 0.105. The minimum atomic E-state index is -0.126. The van der Waals surface area contributed by atoms with Crippen molar-refractivity contribution in [2.24, 2.45) is 12.1 Å².